The number of carbonyl (C=O) groups excluding carboxylic acids is 2. The maximum absolute atomic E-state index is 13.0. The Kier molecular flexibility index (Phi) is 6.42. The smallest absolute Gasteiger partial charge is 0.295 e. The second-order valence-electron chi connectivity index (χ2n) is 6.91. The summed E-state index contributed by atoms with van der Waals surface area (Å²) >= 11 is 0. The van der Waals surface area contributed by atoms with Crippen molar-refractivity contribution in [3.8, 4) is 11.5 Å². The Labute approximate surface area is 175 Å². The van der Waals surface area contributed by atoms with Gasteiger partial charge in [-0.2, -0.15) is 0 Å². The standard InChI is InChI=1S/C23H25NO6/c1-14-13-15(9-10-17(14)29-3)21(25)19-20(16-7-5-6-8-18(16)30-4)24(11-12-28-2)23(27)22(19)26/h5-10,13,20,25H,11-12H2,1-4H3/b21-19+/t20-/m0/s1. The largest absolute Gasteiger partial charge is 0.507 e. The van der Waals surface area contributed by atoms with Crippen LogP contribution in [0.1, 0.15) is 22.7 Å². The second kappa shape index (κ2) is 9.00. The SMILES string of the molecule is COCCN1C(=O)C(=O)/C(=C(/O)c2ccc(OC)c(C)c2)[C@@H]1c1ccccc1OC. The fourth-order valence-electron chi connectivity index (χ4n) is 3.70. The predicted octanol–water partition coefficient (Wildman–Crippen LogP) is 3.08. The summed E-state index contributed by atoms with van der Waals surface area (Å²) in [7, 11) is 4.60. The quantitative estimate of drug-likeness (QED) is 0.428. The first-order valence-electron chi connectivity index (χ1n) is 9.49. The van der Waals surface area contributed by atoms with Crippen molar-refractivity contribution in [3.05, 3.63) is 64.7 Å². The van der Waals surface area contributed by atoms with Gasteiger partial charge in [0.25, 0.3) is 11.7 Å². The van der Waals surface area contributed by atoms with Gasteiger partial charge in [0, 0.05) is 24.8 Å². The molecule has 0 spiro atoms. The van der Waals surface area contributed by atoms with E-state index in [0.29, 0.717) is 22.6 Å². The molecule has 158 valence electrons. The van der Waals surface area contributed by atoms with Gasteiger partial charge in [-0.3, -0.25) is 9.59 Å². The van der Waals surface area contributed by atoms with Gasteiger partial charge < -0.3 is 24.2 Å². The van der Waals surface area contributed by atoms with Crippen molar-refractivity contribution in [1.82, 2.24) is 4.90 Å². The maximum atomic E-state index is 13.0. The molecule has 0 unspecified atom stereocenters. The van der Waals surface area contributed by atoms with Crippen molar-refractivity contribution >= 4 is 17.4 Å². The molecule has 0 aliphatic carbocycles. The highest BCUT2D eigenvalue weighted by Gasteiger charge is 2.46. The number of amides is 1. The van der Waals surface area contributed by atoms with Crippen LogP contribution in [0.25, 0.3) is 5.76 Å². The van der Waals surface area contributed by atoms with Gasteiger partial charge in [-0.1, -0.05) is 18.2 Å². The minimum absolute atomic E-state index is 0.0187. The van der Waals surface area contributed by atoms with Crippen LogP contribution in [-0.4, -0.2) is 56.2 Å². The average molecular weight is 411 g/mol. The molecule has 1 heterocycles. The summed E-state index contributed by atoms with van der Waals surface area (Å²) < 4.78 is 15.9. The van der Waals surface area contributed by atoms with Gasteiger partial charge in [0.1, 0.15) is 17.3 Å². The highest BCUT2D eigenvalue weighted by Crippen LogP contribution is 2.42. The molecule has 0 bridgehead atoms. The van der Waals surface area contributed by atoms with E-state index in [1.165, 1.54) is 19.1 Å². The third kappa shape index (κ3) is 3.76. The van der Waals surface area contributed by atoms with Crippen molar-refractivity contribution in [2.24, 2.45) is 0 Å². The van der Waals surface area contributed by atoms with Crippen molar-refractivity contribution in [3.63, 3.8) is 0 Å². The number of Topliss-reactive ketones (excluding diaryl/α,β-unsaturated/α-hetero) is 1. The van der Waals surface area contributed by atoms with Crippen LogP contribution >= 0.6 is 0 Å². The maximum Gasteiger partial charge on any atom is 0.295 e. The third-order valence-electron chi connectivity index (χ3n) is 5.18. The molecular weight excluding hydrogens is 386 g/mol. The number of rotatable bonds is 7. The Hall–Kier alpha value is -3.32. The summed E-state index contributed by atoms with van der Waals surface area (Å²) in [5.74, 6) is -0.491. The molecule has 2 aromatic rings. The Morgan fingerprint density at radius 2 is 1.73 bits per heavy atom. The summed E-state index contributed by atoms with van der Waals surface area (Å²) in [6.45, 7) is 2.28. The lowest BCUT2D eigenvalue weighted by atomic mass is 9.94. The number of nitrogens with zero attached hydrogens (tertiary/aromatic N) is 1. The molecule has 7 nitrogen and oxygen atoms in total. The van der Waals surface area contributed by atoms with Gasteiger partial charge in [-0.05, 0) is 36.8 Å². The molecule has 1 N–H and O–H groups in total. The van der Waals surface area contributed by atoms with E-state index >= 15 is 0 Å². The van der Waals surface area contributed by atoms with E-state index in [2.05, 4.69) is 0 Å². The molecule has 1 amide bonds. The van der Waals surface area contributed by atoms with Crippen LogP contribution in [0.5, 0.6) is 11.5 Å². The van der Waals surface area contributed by atoms with E-state index in [1.54, 1.807) is 49.6 Å². The zero-order valence-electron chi connectivity index (χ0n) is 17.5. The molecule has 1 aliphatic rings. The van der Waals surface area contributed by atoms with Crippen LogP contribution < -0.4 is 9.47 Å². The molecule has 1 fully saturated rings. The second-order valence-corrected chi connectivity index (χ2v) is 6.91. The average Bonchev–Trinajstić information content (AvgIpc) is 3.01. The van der Waals surface area contributed by atoms with E-state index in [1.807, 2.05) is 6.92 Å². The molecule has 1 atom stereocenters. The van der Waals surface area contributed by atoms with E-state index in [4.69, 9.17) is 14.2 Å². The first-order chi connectivity index (χ1) is 14.4. The molecule has 2 aromatic carbocycles. The van der Waals surface area contributed by atoms with Crippen LogP contribution in [0.4, 0.5) is 0 Å². The third-order valence-corrected chi connectivity index (χ3v) is 5.18. The Bertz CT molecular complexity index is 997. The number of benzene rings is 2. The van der Waals surface area contributed by atoms with Crippen molar-refractivity contribution in [2.45, 2.75) is 13.0 Å². The number of ketones is 1. The summed E-state index contributed by atoms with van der Waals surface area (Å²) in [4.78, 5) is 27.2. The molecule has 3 rings (SSSR count). The number of hydrogen-bond donors (Lipinski definition) is 1. The minimum Gasteiger partial charge on any atom is -0.507 e. The molecular formula is C23H25NO6. The van der Waals surface area contributed by atoms with Gasteiger partial charge in [-0.25, -0.2) is 0 Å². The molecule has 1 aliphatic heterocycles. The predicted molar refractivity (Wildman–Crippen MR) is 112 cm³/mol. The lowest BCUT2D eigenvalue weighted by Crippen LogP contribution is -2.32. The highest BCUT2D eigenvalue weighted by atomic mass is 16.5. The number of ether oxygens (including phenoxy) is 3. The van der Waals surface area contributed by atoms with Gasteiger partial charge in [-0.15, -0.1) is 0 Å². The summed E-state index contributed by atoms with van der Waals surface area (Å²) in [6, 6.07) is 11.4. The van der Waals surface area contributed by atoms with Crippen LogP contribution in [0.3, 0.4) is 0 Å². The minimum atomic E-state index is -0.793. The van der Waals surface area contributed by atoms with Crippen molar-refractivity contribution < 1.29 is 28.9 Å². The van der Waals surface area contributed by atoms with Crippen molar-refractivity contribution in [1.29, 1.82) is 0 Å². The van der Waals surface area contributed by atoms with Crippen LogP contribution in [-0.2, 0) is 14.3 Å². The fraction of sp³-hybridized carbons (Fsp3) is 0.304. The fourth-order valence-corrected chi connectivity index (χ4v) is 3.70. The van der Waals surface area contributed by atoms with Gasteiger partial charge in [0.15, 0.2) is 0 Å². The van der Waals surface area contributed by atoms with E-state index in [-0.39, 0.29) is 24.5 Å². The number of para-hydroxylation sites is 1. The number of aliphatic hydroxyl groups excluding tert-OH is 1. The molecule has 1 saturated heterocycles. The van der Waals surface area contributed by atoms with E-state index in [0.717, 1.165) is 5.56 Å². The number of methoxy groups -OCH3 is 3. The van der Waals surface area contributed by atoms with Crippen LogP contribution in [0.2, 0.25) is 0 Å². The highest BCUT2D eigenvalue weighted by molar-refractivity contribution is 6.46. The lowest BCUT2D eigenvalue weighted by Gasteiger charge is -2.26. The van der Waals surface area contributed by atoms with Gasteiger partial charge in [0.05, 0.1) is 32.4 Å². The normalized spacial score (nSPS) is 18.0. The van der Waals surface area contributed by atoms with Gasteiger partial charge in [0.2, 0.25) is 0 Å². The summed E-state index contributed by atoms with van der Waals surface area (Å²) in [6.07, 6.45) is 0. The zero-order valence-corrected chi connectivity index (χ0v) is 17.5. The summed E-state index contributed by atoms with van der Waals surface area (Å²) in [5.41, 5.74) is 1.86. The number of likely N-dealkylation sites (tertiary alicyclic amines) is 1. The molecule has 7 heteroatoms. The molecule has 0 aromatic heterocycles. The van der Waals surface area contributed by atoms with Crippen LogP contribution in [0.15, 0.2) is 48.0 Å². The lowest BCUT2D eigenvalue weighted by molar-refractivity contribution is -0.140. The molecule has 0 saturated carbocycles. The van der Waals surface area contributed by atoms with Gasteiger partial charge >= 0.3 is 0 Å². The Morgan fingerprint density at radius 3 is 2.37 bits per heavy atom. The number of aliphatic hydroxyl groups is 1. The Morgan fingerprint density at radius 1 is 1.03 bits per heavy atom. The van der Waals surface area contributed by atoms with Crippen LogP contribution in [0, 0.1) is 6.92 Å². The monoisotopic (exact) mass is 411 g/mol. The number of carbonyl (C=O) groups is 2. The van der Waals surface area contributed by atoms with E-state index in [9.17, 15) is 14.7 Å². The zero-order chi connectivity index (χ0) is 21.8. The molecule has 30 heavy (non-hydrogen) atoms. The number of aryl methyl sites for hydroxylation is 1. The first kappa shape index (κ1) is 21.4. The number of hydrogen-bond acceptors (Lipinski definition) is 6. The van der Waals surface area contributed by atoms with Crippen molar-refractivity contribution in [2.75, 3.05) is 34.5 Å². The first-order valence-corrected chi connectivity index (χ1v) is 9.49. The van der Waals surface area contributed by atoms with E-state index < -0.39 is 17.7 Å². The Balaban J connectivity index is 2.21. The topological polar surface area (TPSA) is 85.3 Å². The molecule has 0 radical (unpaired) electrons. The summed E-state index contributed by atoms with van der Waals surface area (Å²) in [5, 5.41) is 11.1.